The van der Waals surface area contributed by atoms with Gasteiger partial charge in [0.25, 0.3) is 0 Å². The second kappa shape index (κ2) is 6.14. The molecule has 1 atom stereocenters. The van der Waals surface area contributed by atoms with E-state index in [1.807, 2.05) is 17.2 Å². The van der Waals surface area contributed by atoms with E-state index < -0.39 is 0 Å². The van der Waals surface area contributed by atoms with E-state index in [-0.39, 0.29) is 11.9 Å². The molecule has 2 aliphatic rings. The molecular weight excluding hydrogens is 292 g/mol. The number of aryl methyl sites for hydroxylation is 1. The summed E-state index contributed by atoms with van der Waals surface area (Å²) < 4.78 is 3.94. The van der Waals surface area contributed by atoms with Gasteiger partial charge in [-0.05, 0) is 31.7 Å². The van der Waals surface area contributed by atoms with Crippen LogP contribution in [0, 0.1) is 0 Å². The highest BCUT2D eigenvalue weighted by atomic mass is 16.2. The fourth-order valence-electron chi connectivity index (χ4n) is 3.71. The highest BCUT2D eigenvalue weighted by molar-refractivity contribution is 5.76. The Labute approximate surface area is 135 Å². The molecule has 122 valence electrons. The Morgan fingerprint density at radius 2 is 2.13 bits per heavy atom. The van der Waals surface area contributed by atoms with Gasteiger partial charge < -0.3 is 9.47 Å². The third-order valence-corrected chi connectivity index (χ3v) is 4.87. The lowest BCUT2D eigenvalue weighted by molar-refractivity contribution is -0.133. The Hall–Kier alpha value is -2.18. The fraction of sp³-hybridized carbons (Fsp3) is 0.625. The minimum absolute atomic E-state index is 0.0670. The highest BCUT2D eigenvalue weighted by Crippen LogP contribution is 2.32. The molecule has 4 heterocycles. The molecule has 1 unspecified atom stereocenters. The van der Waals surface area contributed by atoms with Gasteiger partial charge >= 0.3 is 0 Å². The normalized spacial score (nSPS) is 21.2. The van der Waals surface area contributed by atoms with Crippen LogP contribution in [-0.2, 0) is 24.3 Å². The van der Waals surface area contributed by atoms with Crippen molar-refractivity contribution in [2.75, 3.05) is 6.54 Å². The minimum Gasteiger partial charge on any atom is -0.331 e. The molecule has 7 heteroatoms. The third kappa shape index (κ3) is 2.75. The van der Waals surface area contributed by atoms with Crippen LogP contribution >= 0.6 is 0 Å². The Kier molecular flexibility index (Phi) is 3.85. The third-order valence-electron chi connectivity index (χ3n) is 4.87. The van der Waals surface area contributed by atoms with E-state index in [1.165, 1.54) is 19.3 Å². The number of hydrogen-bond donors (Lipinski definition) is 0. The van der Waals surface area contributed by atoms with Gasteiger partial charge in [0, 0.05) is 31.9 Å². The van der Waals surface area contributed by atoms with Crippen LogP contribution in [0.3, 0.4) is 0 Å². The average molecular weight is 314 g/mol. The van der Waals surface area contributed by atoms with Crippen molar-refractivity contribution in [3.63, 3.8) is 0 Å². The SMILES string of the molecule is O=C(Cn1cccn1)N1CCCC1c1nnc2n1CCCCC2. The monoisotopic (exact) mass is 314 g/mol. The van der Waals surface area contributed by atoms with Gasteiger partial charge in [-0.3, -0.25) is 9.48 Å². The van der Waals surface area contributed by atoms with Crippen molar-refractivity contribution >= 4 is 5.91 Å². The maximum Gasteiger partial charge on any atom is 0.244 e. The number of carbonyl (C=O) groups excluding carboxylic acids is 1. The maximum absolute atomic E-state index is 12.7. The smallest absolute Gasteiger partial charge is 0.244 e. The molecular formula is C16H22N6O. The first-order valence-corrected chi connectivity index (χ1v) is 8.52. The zero-order chi connectivity index (χ0) is 15.6. The van der Waals surface area contributed by atoms with Gasteiger partial charge in [-0.15, -0.1) is 10.2 Å². The number of amides is 1. The molecule has 2 aromatic rings. The largest absolute Gasteiger partial charge is 0.331 e. The first kappa shape index (κ1) is 14.4. The quantitative estimate of drug-likeness (QED) is 0.862. The van der Waals surface area contributed by atoms with Crippen molar-refractivity contribution < 1.29 is 4.79 Å². The summed E-state index contributed by atoms with van der Waals surface area (Å²) in [5.41, 5.74) is 0. The number of likely N-dealkylation sites (tertiary alicyclic amines) is 1. The van der Waals surface area contributed by atoms with Gasteiger partial charge in [-0.2, -0.15) is 5.10 Å². The van der Waals surface area contributed by atoms with E-state index in [9.17, 15) is 4.79 Å². The number of hydrogen-bond acceptors (Lipinski definition) is 4. The van der Waals surface area contributed by atoms with Gasteiger partial charge in [0.2, 0.25) is 5.91 Å². The molecule has 1 amide bonds. The summed E-state index contributed by atoms with van der Waals surface area (Å²) in [6, 6.07) is 1.91. The van der Waals surface area contributed by atoms with E-state index in [4.69, 9.17) is 0 Å². The molecule has 1 saturated heterocycles. The fourth-order valence-corrected chi connectivity index (χ4v) is 3.71. The van der Waals surface area contributed by atoms with Crippen LogP contribution in [0.1, 0.15) is 49.8 Å². The second-order valence-corrected chi connectivity index (χ2v) is 6.39. The number of rotatable bonds is 3. The molecule has 0 saturated carbocycles. The number of aromatic nitrogens is 5. The van der Waals surface area contributed by atoms with Crippen LogP contribution < -0.4 is 0 Å². The molecule has 4 rings (SSSR count). The van der Waals surface area contributed by atoms with Crippen molar-refractivity contribution in [2.24, 2.45) is 0 Å². The molecule has 1 fully saturated rings. The van der Waals surface area contributed by atoms with Gasteiger partial charge in [0.05, 0.1) is 6.04 Å². The maximum atomic E-state index is 12.7. The molecule has 23 heavy (non-hydrogen) atoms. The summed E-state index contributed by atoms with van der Waals surface area (Å²) >= 11 is 0. The van der Waals surface area contributed by atoms with Gasteiger partial charge in [0.1, 0.15) is 12.4 Å². The first-order chi connectivity index (χ1) is 11.3. The Balaban J connectivity index is 1.56. The van der Waals surface area contributed by atoms with E-state index in [1.54, 1.807) is 10.9 Å². The summed E-state index contributed by atoms with van der Waals surface area (Å²) in [6.07, 6.45) is 10.1. The molecule has 0 aliphatic carbocycles. The standard InChI is InChI=1S/C16H22N6O/c23-15(12-20-9-5-8-17-20)21-11-4-6-13(21)16-19-18-14-7-2-1-3-10-22(14)16/h5,8-9,13H,1-4,6-7,10-12H2. The van der Waals surface area contributed by atoms with Gasteiger partial charge in [-0.25, -0.2) is 0 Å². The lowest BCUT2D eigenvalue weighted by Gasteiger charge is -2.24. The number of nitrogens with zero attached hydrogens (tertiary/aromatic N) is 6. The molecule has 2 aliphatic heterocycles. The Morgan fingerprint density at radius 3 is 3.00 bits per heavy atom. The zero-order valence-electron chi connectivity index (χ0n) is 13.3. The molecule has 0 N–H and O–H groups in total. The van der Waals surface area contributed by atoms with Crippen molar-refractivity contribution in [3.8, 4) is 0 Å². The predicted molar refractivity (Wildman–Crippen MR) is 83.5 cm³/mol. The summed E-state index contributed by atoms with van der Waals surface area (Å²) in [4.78, 5) is 14.6. The molecule has 0 aromatic carbocycles. The van der Waals surface area contributed by atoms with Crippen LogP contribution in [-0.4, -0.2) is 41.9 Å². The number of fused-ring (bicyclic) bond motifs is 1. The van der Waals surface area contributed by atoms with Gasteiger partial charge in [-0.1, -0.05) is 6.42 Å². The summed E-state index contributed by atoms with van der Waals surface area (Å²) in [5, 5.41) is 13.0. The summed E-state index contributed by atoms with van der Waals surface area (Å²) in [7, 11) is 0. The lowest BCUT2D eigenvalue weighted by atomic mass is 10.2. The minimum atomic E-state index is 0.0670. The van der Waals surface area contributed by atoms with Crippen LogP contribution in [0.4, 0.5) is 0 Å². The van der Waals surface area contributed by atoms with Crippen molar-refractivity contribution in [1.82, 2.24) is 29.4 Å². The van der Waals surface area contributed by atoms with Crippen LogP contribution in [0.15, 0.2) is 18.5 Å². The number of carbonyl (C=O) groups is 1. The van der Waals surface area contributed by atoms with Gasteiger partial charge in [0.15, 0.2) is 5.82 Å². The topological polar surface area (TPSA) is 68.8 Å². The second-order valence-electron chi connectivity index (χ2n) is 6.39. The average Bonchev–Trinajstić information content (AvgIpc) is 3.26. The predicted octanol–water partition coefficient (Wildman–Crippen LogP) is 1.56. The van der Waals surface area contributed by atoms with Crippen molar-refractivity contribution in [2.45, 2.75) is 57.7 Å². The molecule has 2 aromatic heterocycles. The summed E-state index contributed by atoms with van der Waals surface area (Å²) in [5.74, 6) is 2.18. The Morgan fingerprint density at radius 1 is 1.17 bits per heavy atom. The Bertz CT molecular complexity index is 677. The molecule has 7 nitrogen and oxygen atoms in total. The first-order valence-electron chi connectivity index (χ1n) is 8.52. The van der Waals surface area contributed by atoms with E-state index in [0.717, 1.165) is 44.0 Å². The highest BCUT2D eigenvalue weighted by Gasteiger charge is 2.34. The van der Waals surface area contributed by atoms with Crippen LogP contribution in [0.2, 0.25) is 0 Å². The van der Waals surface area contributed by atoms with Crippen LogP contribution in [0.25, 0.3) is 0 Å². The molecule has 0 bridgehead atoms. The molecule has 0 radical (unpaired) electrons. The van der Waals surface area contributed by atoms with Crippen molar-refractivity contribution in [3.05, 3.63) is 30.1 Å². The summed E-state index contributed by atoms with van der Waals surface area (Å²) in [6.45, 7) is 2.08. The van der Waals surface area contributed by atoms with E-state index >= 15 is 0 Å². The van der Waals surface area contributed by atoms with E-state index in [0.29, 0.717) is 6.54 Å². The van der Waals surface area contributed by atoms with Crippen molar-refractivity contribution in [1.29, 1.82) is 0 Å². The molecule has 0 spiro atoms. The zero-order valence-corrected chi connectivity index (χ0v) is 13.3. The lowest BCUT2D eigenvalue weighted by Crippen LogP contribution is -2.34. The van der Waals surface area contributed by atoms with Crippen LogP contribution in [0.5, 0.6) is 0 Å². The van der Waals surface area contributed by atoms with E-state index in [2.05, 4.69) is 19.9 Å².